The predicted octanol–water partition coefficient (Wildman–Crippen LogP) is 2.72. The van der Waals surface area contributed by atoms with E-state index < -0.39 is 0 Å². The fraction of sp³-hybridized carbons (Fsp3) is 0.316. The van der Waals surface area contributed by atoms with Crippen molar-refractivity contribution < 1.29 is 4.79 Å². The first-order chi connectivity index (χ1) is 12.1. The number of thioether (sulfide) groups is 1. The summed E-state index contributed by atoms with van der Waals surface area (Å²) in [7, 11) is 0. The van der Waals surface area contributed by atoms with Crippen LogP contribution < -0.4 is 11.1 Å². The van der Waals surface area contributed by atoms with Gasteiger partial charge in [0.05, 0.1) is 5.54 Å². The van der Waals surface area contributed by atoms with Crippen LogP contribution in [0.25, 0.3) is 0 Å². The quantitative estimate of drug-likeness (QED) is 0.865. The summed E-state index contributed by atoms with van der Waals surface area (Å²) in [4.78, 5) is 21.3. The van der Waals surface area contributed by atoms with Crippen molar-refractivity contribution in [2.45, 2.75) is 25.3 Å². The van der Waals surface area contributed by atoms with E-state index in [9.17, 15) is 4.79 Å². The highest BCUT2D eigenvalue weighted by atomic mass is 32.2. The molecular weight excluding hydrogens is 332 g/mol. The summed E-state index contributed by atoms with van der Waals surface area (Å²) in [5.41, 5.74) is 8.17. The van der Waals surface area contributed by atoms with Gasteiger partial charge in [-0.2, -0.15) is 0 Å². The molecular formula is C19H22N4OS. The van der Waals surface area contributed by atoms with E-state index in [1.807, 2.05) is 42.5 Å². The molecule has 0 radical (unpaired) electrons. The summed E-state index contributed by atoms with van der Waals surface area (Å²) in [5.74, 6) is 0.857. The van der Waals surface area contributed by atoms with Crippen LogP contribution in [0.1, 0.15) is 35.0 Å². The summed E-state index contributed by atoms with van der Waals surface area (Å²) in [6, 6.07) is 13.4. The van der Waals surface area contributed by atoms with Crippen LogP contribution in [0, 0.1) is 0 Å². The van der Waals surface area contributed by atoms with Crippen molar-refractivity contribution in [3.63, 3.8) is 0 Å². The van der Waals surface area contributed by atoms with E-state index in [0.29, 0.717) is 23.7 Å². The number of nitrogens with one attached hydrogen (secondary N) is 1. The Bertz CT molecular complexity index is 778. The van der Waals surface area contributed by atoms with E-state index in [0.717, 1.165) is 23.4 Å². The van der Waals surface area contributed by atoms with Gasteiger partial charge in [-0.05, 0) is 43.2 Å². The molecule has 1 amide bonds. The lowest BCUT2D eigenvalue weighted by Gasteiger charge is -2.30. The van der Waals surface area contributed by atoms with Crippen LogP contribution in [0.3, 0.4) is 0 Å². The van der Waals surface area contributed by atoms with Gasteiger partial charge in [-0.25, -0.2) is 0 Å². The molecule has 0 aliphatic carbocycles. The van der Waals surface area contributed by atoms with Gasteiger partial charge in [0.2, 0.25) is 0 Å². The maximum absolute atomic E-state index is 12.4. The second-order valence-electron chi connectivity index (χ2n) is 6.23. The topological polar surface area (TPSA) is 80.4 Å². The number of carbonyl (C=O) groups is 1. The summed E-state index contributed by atoms with van der Waals surface area (Å²) in [5, 5.41) is 3.57. The summed E-state index contributed by atoms with van der Waals surface area (Å²) in [6.45, 7) is 2.62. The number of hydrogen-bond acceptors (Lipinski definition) is 5. The molecule has 0 saturated heterocycles. The van der Waals surface area contributed by atoms with E-state index in [4.69, 9.17) is 5.73 Å². The number of hydrogen-bond donors (Lipinski definition) is 2. The van der Waals surface area contributed by atoms with E-state index >= 15 is 0 Å². The number of nitrogens with two attached hydrogens (primary N) is 1. The Kier molecular flexibility index (Phi) is 5.38. The second kappa shape index (κ2) is 7.70. The maximum Gasteiger partial charge on any atom is 0.251 e. The van der Waals surface area contributed by atoms with Crippen molar-refractivity contribution in [3.05, 3.63) is 65.5 Å². The van der Waals surface area contributed by atoms with Crippen molar-refractivity contribution in [2.75, 3.05) is 12.3 Å². The third-order valence-corrected chi connectivity index (χ3v) is 5.13. The molecule has 130 valence electrons. The van der Waals surface area contributed by atoms with Gasteiger partial charge in [0, 0.05) is 36.2 Å². The number of amides is 1. The molecule has 0 saturated carbocycles. The molecule has 1 aromatic carbocycles. The molecule has 2 aromatic rings. The van der Waals surface area contributed by atoms with Crippen LogP contribution in [-0.2, 0) is 12.0 Å². The third kappa shape index (κ3) is 4.39. The van der Waals surface area contributed by atoms with Gasteiger partial charge in [0.1, 0.15) is 0 Å². The second-order valence-corrected chi connectivity index (χ2v) is 7.35. The molecule has 1 aliphatic rings. The first kappa shape index (κ1) is 17.5. The largest absolute Gasteiger partial charge is 0.379 e. The zero-order valence-electron chi connectivity index (χ0n) is 14.2. The SMILES string of the molecule is CC1(c2cccc(C(=O)NCCc3ccccn3)c2)CCSC(N)=N1. The number of pyridine rings is 1. The summed E-state index contributed by atoms with van der Waals surface area (Å²) < 4.78 is 0. The van der Waals surface area contributed by atoms with E-state index in [-0.39, 0.29) is 11.4 Å². The highest BCUT2D eigenvalue weighted by Gasteiger charge is 2.29. The summed E-state index contributed by atoms with van der Waals surface area (Å²) in [6.07, 6.45) is 3.38. The molecule has 1 atom stereocenters. The third-order valence-electron chi connectivity index (χ3n) is 4.34. The lowest BCUT2D eigenvalue weighted by atomic mass is 9.88. The van der Waals surface area contributed by atoms with Gasteiger partial charge >= 0.3 is 0 Å². The molecule has 25 heavy (non-hydrogen) atoms. The molecule has 0 fully saturated rings. The Morgan fingerprint density at radius 2 is 2.20 bits per heavy atom. The zero-order chi connectivity index (χ0) is 17.7. The lowest BCUT2D eigenvalue weighted by molar-refractivity contribution is 0.0954. The van der Waals surface area contributed by atoms with Crippen molar-refractivity contribution >= 4 is 22.8 Å². The van der Waals surface area contributed by atoms with Gasteiger partial charge in [-0.3, -0.25) is 14.8 Å². The van der Waals surface area contributed by atoms with Gasteiger partial charge in [0.15, 0.2) is 5.17 Å². The predicted molar refractivity (Wildman–Crippen MR) is 103 cm³/mol. The molecule has 5 nitrogen and oxygen atoms in total. The van der Waals surface area contributed by atoms with Crippen molar-refractivity contribution in [2.24, 2.45) is 10.7 Å². The molecule has 0 bridgehead atoms. The fourth-order valence-corrected chi connectivity index (χ4v) is 3.82. The molecule has 0 spiro atoms. The number of rotatable bonds is 5. The van der Waals surface area contributed by atoms with Crippen molar-refractivity contribution in [3.8, 4) is 0 Å². The Hall–Kier alpha value is -2.34. The normalized spacial score (nSPS) is 20.0. The minimum absolute atomic E-state index is 0.0801. The highest BCUT2D eigenvalue weighted by Crippen LogP contribution is 2.35. The number of aliphatic imine (C=N–C) groups is 1. The molecule has 6 heteroatoms. The first-order valence-corrected chi connectivity index (χ1v) is 9.32. The maximum atomic E-state index is 12.4. The smallest absolute Gasteiger partial charge is 0.251 e. The Morgan fingerprint density at radius 1 is 1.32 bits per heavy atom. The van der Waals surface area contributed by atoms with E-state index in [1.54, 1.807) is 18.0 Å². The van der Waals surface area contributed by atoms with E-state index in [2.05, 4.69) is 22.2 Å². The number of carbonyl (C=O) groups excluding carboxylic acids is 1. The minimum atomic E-state index is -0.362. The van der Waals surface area contributed by atoms with Crippen LogP contribution in [0.5, 0.6) is 0 Å². The van der Waals surface area contributed by atoms with Crippen LogP contribution in [-0.4, -0.2) is 28.4 Å². The van der Waals surface area contributed by atoms with Crippen LogP contribution in [0.2, 0.25) is 0 Å². The number of amidine groups is 1. The lowest BCUT2D eigenvalue weighted by Crippen LogP contribution is -2.30. The van der Waals surface area contributed by atoms with Gasteiger partial charge in [-0.1, -0.05) is 30.0 Å². The fourth-order valence-electron chi connectivity index (χ4n) is 2.84. The Morgan fingerprint density at radius 3 is 2.96 bits per heavy atom. The molecule has 1 aliphatic heterocycles. The number of aromatic nitrogens is 1. The molecule has 3 rings (SSSR count). The van der Waals surface area contributed by atoms with Gasteiger partial charge in [0.25, 0.3) is 5.91 Å². The number of benzene rings is 1. The molecule has 2 heterocycles. The van der Waals surface area contributed by atoms with Gasteiger partial charge in [-0.15, -0.1) is 0 Å². The van der Waals surface area contributed by atoms with E-state index in [1.165, 1.54) is 0 Å². The van der Waals surface area contributed by atoms with Crippen molar-refractivity contribution in [1.29, 1.82) is 0 Å². The molecule has 1 aromatic heterocycles. The average molecular weight is 354 g/mol. The van der Waals surface area contributed by atoms with Gasteiger partial charge < -0.3 is 11.1 Å². The monoisotopic (exact) mass is 354 g/mol. The molecule has 3 N–H and O–H groups in total. The van der Waals surface area contributed by atoms with Crippen LogP contribution >= 0.6 is 11.8 Å². The first-order valence-electron chi connectivity index (χ1n) is 8.34. The Balaban J connectivity index is 1.66. The molecule has 1 unspecified atom stereocenters. The highest BCUT2D eigenvalue weighted by molar-refractivity contribution is 8.13. The van der Waals surface area contributed by atoms with Crippen LogP contribution in [0.15, 0.2) is 53.7 Å². The Labute approximate surface area is 152 Å². The van der Waals surface area contributed by atoms with Crippen molar-refractivity contribution in [1.82, 2.24) is 10.3 Å². The number of nitrogens with zero attached hydrogens (tertiary/aromatic N) is 2. The summed E-state index contributed by atoms with van der Waals surface area (Å²) >= 11 is 1.58. The van der Waals surface area contributed by atoms with Crippen LogP contribution in [0.4, 0.5) is 0 Å². The average Bonchev–Trinajstić information content (AvgIpc) is 2.62. The standard InChI is InChI=1S/C19H22N4OS/c1-19(9-12-25-18(20)23-19)15-6-4-5-14(13-15)17(24)22-11-8-16-7-2-3-10-21-16/h2-7,10,13H,8-9,11-12H2,1H3,(H2,20,23)(H,22,24). The minimum Gasteiger partial charge on any atom is -0.379 e. The zero-order valence-corrected chi connectivity index (χ0v) is 15.1.